The molecule has 0 aliphatic carbocycles. The van der Waals surface area contributed by atoms with Gasteiger partial charge in [0.05, 0.1) is 10.0 Å². The van der Waals surface area contributed by atoms with Crippen molar-refractivity contribution in [3.05, 3.63) is 57.6 Å². The zero-order chi connectivity index (χ0) is 24.0. The van der Waals surface area contributed by atoms with Crippen molar-refractivity contribution in [3.8, 4) is 11.5 Å². The van der Waals surface area contributed by atoms with E-state index in [1.165, 1.54) is 0 Å². The van der Waals surface area contributed by atoms with Crippen molar-refractivity contribution in [1.82, 2.24) is 10.2 Å². The van der Waals surface area contributed by atoms with Crippen LogP contribution in [0.5, 0.6) is 11.5 Å². The molecule has 0 aromatic heterocycles. The van der Waals surface area contributed by atoms with Crippen molar-refractivity contribution in [3.63, 3.8) is 0 Å². The predicted octanol–water partition coefficient (Wildman–Crippen LogP) is 5.38. The first kappa shape index (κ1) is 25.2. The lowest BCUT2D eigenvalue weighted by Gasteiger charge is -2.31. The van der Waals surface area contributed by atoms with Crippen molar-refractivity contribution >= 4 is 35.0 Å². The summed E-state index contributed by atoms with van der Waals surface area (Å²) < 4.78 is 10.8. The summed E-state index contributed by atoms with van der Waals surface area (Å²) >= 11 is 12.2. The lowest BCUT2D eigenvalue weighted by molar-refractivity contribution is -0.141. The molecule has 8 heteroatoms. The molecule has 2 aromatic carbocycles. The molecular formula is C25H30Cl2N2O4. The molecular weight excluding hydrogens is 463 g/mol. The van der Waals surface area contributed by atoms with Crippen LogP contribution in [0.2, 0.25) is 10.0 Å². The van der Waals surface area contributed by atoms with E-state index in [1.807, 2.05) is 45.0 Å². The van der Waals surface area contributed by atoms with Gasteiger partial charge in [0, 0.05) is 19.0 Å². The van der Waals surface area contributed by atoms with Crippen LogP contribution in [0.3, 0.4) is 0 Å². The molecule has 0 spiro atoms. The van der Waals surface area contributed by atoms with Crippen molar-refractivity contribution in [2.75, 3.05) is 6.79 Å². The number of aryl methyl sites for hydroxylation is 1. The van der Waals surface area contributed by atoms with Gasteiger partial charge in [0.1, 0.15) is 6.04 Å². The Morgan fingerprint density at radius 3 is 2.42 bits per heavy atom. The Kier molecular flexibility index (Phi) is 8.87. The molecule has 0 radical (unpaired) electrons. The van der Waals surface area contributed by atoms with E-state index in [2.05, 4.69) is 5.32 Å². The molecule has 2 atom stereocenters. The van der Waals surface area contributed by atoms with E-state index in [0.717, 1.165) is 17.5 Å². The smallest absolute Gasteiger partial charge is 0.243 e. The molecule has 0 bridgehead atoms. The molecule has 1 aliphatic rings. The monoisotopic (exact) mass is 492 g/mol. The number of rotatable bonds is 10. The number of benzene rings is 2. The van der Waals surface area contributed by atoms with Crippen molar-refractivity contribution in [2.45, 2.75) is 65.1 Å². The summed E-state index contributed by atoms with van der Waals surface area (Å²) in [6, 6.07) is 10.4. The summed E-state index contributed by atoms with van der Waals surface area (Å²) in [5.74, 6) is 1.14. The number of carbonyl (C=O) groups excluding carboxylic acids is 2. The molecule has 3 rings (SSSR count). The SMILES string of the molecule is CC[C@H](C(=O)N[C@@H](C)CC)N(Cc1ccc(Cl)c(Cl)c1)C(=O)CCc1ccc2c(c1)OCO2. The molecule has 178 valence electrons. The quantitative estimate of drug-likeness (QED) is 0.483. The third-order valence-electron chi connectivity index (χ3n) is 5.79. The molecule has 0 saturated carbocycles. The largest absolute Gasteiger partial charge is 0.454 e. The van der Waals surface area contributed by atoms with Crippen LogP contribution in [0.15, 0.2) is 36.4 Å². The summed E-state index contributed by atoms with van der Waals surface area (Å²) in [5, 5.41) is 3.88. The maximum atomic E-state index is 13.4. The Morgan fingerprint density at radius 2 is 1.73 bits per heavy atom. The highest BCUT2D eigenvalue weighted by atomic mass is 35.5. The average Bonchev–Trinajstić information content (AvgIpc) is 3.27. The molecule has 1 N–H and O–H groups in total. The van der Waals surface area contributed by atoms with Gasteiger partial charge in [-0.1, -0.05) is 49.2 Å². The van der Waals surface area contributed by atoms with Gasteiger partial charge in [0.15, 0.2) is 11.5 Å². The van der Waals surface area contributed by atoms with E-state index in [9.17, 15) is 9.59 Å². The number of carbonyl (C=O) groups is 2. The second kappa shape index (κ2) is 11.6. The van der Waals surface area contributed by atoms with Gasteiger partial charge in [-0.3, -0.25) is 9.59 Å². The van der Waals surface area contributed by atoms with E-state index in [0.29, 0.717) is 34.4 Å². The van der Waals surface area contributed by atoms with Crippen LogP contribution in [0.1, 0.15) is 51.2 Å². The van der Waals surface area contributed by atoms with E-state index < -0.39 is 6.04 Å². The van der Waals surface area contributed by atoms with E-state index >= 15 is 0 Å². The highest BCUT2D eigenvalue weighted by Crippen LogP contribution is 2.33. The number of fused-ring (bicyclic) bond motifs is 1. The van der Waals surface area contributed by atoms with Crippen molar-refractivity contribution < 1.29 is 19.1 Å². The summed E-state index contributed by atoms with van der Waals surface area (Å²) in [6.07, 6.45) is 2.09. The Hall–Kier alpha value is -2.44. The fourth-order valence-electron chi connectivity index (χ4n) is 3.69. The highest BCUT2D eigenvalue weighted by Gasteiger charge is 2.29. The first-order valence-electron chi connectivity index (χ1n) is 11.2. The van der Waals surface area contributed by atoms with Crippen LogP contribution in [-0.2, 0) is 22.6 Å². The fraction of sp³-hybridized carbons (Fsp3) is 0.440. The number of hydrogen-bond acceptors (Lipinski definition) is 4. The van der Waals surface area contributed by atoms with Gasteiger partial charge in [-0.2, -0.15) is 0 Å². The lowest BCUT2D eigenvalue weighted by atomic mass is 10.1. The van der Waals surface area contributed by atoms with Gasteiger partial charge in [0.25, 0.3) is 0 Å². The first-order chi connectivity index (χ1) is 15.8. The zero-order valence-corrected chi connectivity index (χ0v) is 20.7. The molecule has 0 saturated heterocycles. The van der Waals surface area contributed by atoms with E-state index in [-0.39, 0.29) is 37.6 Å². The standard InChI is InChI=1S/C25H30Cl2N2O4/c1-4-16(3)28-25(31)21(5-2)29(14-18-6-9-19(26)20(27)12-18)24(30)11-8-17-7-10-22-23(13-17)33-15-32-22/h6-7,9-10,12-13,16,21H,4-5,8,11,14-15H2,1-3H3,(H,28,31)/t16-,21+/m0/s1. The average molecular weight is 493 g/mol. The minimum Gasteiger partial charge on any atom is -0.454 e. The van der Waals surface area contributed by atoms with Gasteiger partial charge in [-0.15, -0.1) is 0 Å². The van der Waals surface area contributed by atoms with E-state index in [1.54, 1.807) is 17.0 Å². The van der Waals surface area contributed by atoms with Crippen LogP contribution >= 0.6 is 23.2 Å². The molecule has 0 fully saturated rings. The molecule has 1 heterocycles. The van der Waals surface area contributed by atoms with Crippen molar-refractivity contribution in [1.29, 1.82) is 0 Å². The van der Waals surface area contributed by atoms with Gasteiger partial charge < -0.3 is 19.7 Å². The Balaban J connectivity index is 1.78. The Bertz CT molecular complexity index is 998. The lowest BCUT2D eigenvalue weighted by Crippen LogP contribution is -2.50. The normalized spacial score (nSPS) is 14.0. The summed E-state index contributed by atoms with van der Waals surface area (Å²) in [5.41, 5.74) is 1.79. The number of ether oxygens (including phenoxy) is 2. The minimum absolute atomic E-state index is 0.0297. The van der Waals surface area contributed by atoms with Crippen molar-refractivity contribution in [2.24, 2.45) is 0 Å². The minimum atomic E-state index is -0.585. The second-order valence-corrected chi connectivity index (χ2v) is 9.01. The van der Waals surface area contributed by atoms with Gasteiger partial charge in [-0.25, -0.2) is 0 Å². The summed E-state index contributed by atoms with van der Waals surface area (Å²) in [7, 11) is 0. The fourth-order valence-corrected chi connectivity index (χ4v) is 4.01. The maximum Gasteiger partial charge on any atom is 0.243 e. The molecule has 2 aromatic rings. The molecule has 6 nitrogen and oxygen atoms in total. The molecule has 1 aliphatic heterocycles. The maximum absolute atomic E-state index is 13.4. The third-order valence-corrected chi connectivity index (χ3v) is 6.53. The second-order valence-electron chi connectivity index (χ2n) is 8.20. The first-order valence-corrected chi connectivity index (χ1v) is 12.0. The Labute approximate surface area is 205 Å². The van der Waals surface area contributed by atoms with Crippen LogP contribution in [0.4, 0.5) is 0 Å². The predicted molar refractivity (Wildman–Crippen MR) is 130 cm³/mol. The summed E-state index contributed by atoms with van der Waals surface area (Å²) in [4.78, 5) is 28.1. The van der Waals surface area contributed by atoms with Gasteiger partial charge in [0.2, 0.25) is 18.6 Å². The number of hydrogen-bond donors (Lipinski definition) is 1. The van der Waals surface area contributed by atoms with E-state index in [4.69, 9.17) is 32.7 Å². The van der Waals surface area contributed by atoms with Crippen LogP contribution < -0.4 is 14.8 Å². The molecule has 0 unspecified atom stereocenters. The number of nitrogens with one attached hydrogen (secondary N) is 1. The zero-order valence-electron chi connectivity index (χ0n) is 19.2. The summed E-state index contributed by atoms with van der Waals surface area (Å²) in [6.45, 7) is 6.35. The number of amides is 2. The van der Waals surface area contributed by atoms with Crippen LogP contribution in [-0.4, -0.2) is 35.6 Å². The molecule has 2 amide bonds. The number of halogens is 2. The number of nitrogens with zero attached hydrogens (tertiary/aromatic N) is 1. The van der Waals surface area contributed by atoms with Crippen LogP contribution in [0.25, 0.3) is 0 Å². The Morgan fingerprint density at radius 1 is 1.00 bits per heavy atom. The van der Waals surface area contributed by atoms with Crippen LogP contribution in [0, 0.1) is 0 Å². The topological polar surface area (TPSA) is 67.9 Å². The molecule has 33 heavy (non-hydrogen) atoms. The van der Waals surface area contributed by atoms with Gasteiger partial charge in [-0.05, 0) is 61.6 Å². The third kappa shape index (κ3) is 6.55. The van der Waals surface area contributed by atoms with Gasteiger partial charge >= 0.3 is 0 Å². The highest BCUT2D eigenvalue weighted by molar-refractivity contribution is 6.42.